The van der Waals surface area contributed by atoms with Gasteiger partial charge in [-0.2, -0.15) is 0 Å². The number of aromatic nitrogens is 2. The highest BCUT2D eigenvalue weighted by Crippen LogP contribution is 2.47. The largest absolute Gasteiger partial charge is 0.478 e. The van der Waals surface area contributed by atoms with Crippen molar-refractivity contribution in [3.05, 3.63) is 59.7 Å². The van der Waals surface area contributed by atoms with Gasteiger partial charge in [-0.25, -0.2) is 9.78 Å². The van der Waals surface area contributed by atoms with Gasteiger partial charge in [-0.15, -0.1) is 0 Å². The van der Waals surface area contributed by atoms with Gasteiger partial charge < -0.3 is 10.1 Å². The Labute approximate surface area is 137 Å². The predicted octanol–water partition coefficient (Wildman–Crippen LogP) is 3.00. The molecule has 2 unspecified atom stereocenters. The Kier molecular flexibility index (Phi) is 3.30. The molecule has 120 valence electrons. The van der Waals surface area contributed by atoms with Gasteiger partial charge in [-0.05, 0) is 30.0 Å². The topological polar surface area (TPSA) is 95.1 Å². The minimum atomic E-state index is -1.05. The van der Waals surface area contributed by atoms with Gasteiger partial charge in [-0.3, -0.25) is 10.1 Å². The Morgan fingerprint density at radius 2 is 1.92 bits per heavy atom. The Morgan fingerprint density at radius 3 is 2.67 bits per heavy atom. The number of hydrogen-bond acceptors (Lipinski definition) is 3. The van der Waals surface area contributed by atoms with Gasteiger partial charge in [0.25, 0.3) is 0 Å². The van der Waals surface area contributed by atoms with Crippen LogP contribution in [-0.4, -0.2) is 27.0 Å². The summed E-state index contributed by atoms with van der Waals surface area (Å²) in [6.07, 6.45) is 0.816. The van der Waals surface area contributed by atoms with Crippen molar-refractivity contribution in [2.45, 2.75) is 12.3 Å². The lowest BCUT2D eigenvalue weighted by Crippen LogP contribution is -2.15. The summed E-state index contributed by atoms with van der Waals surface area (Å²) < 4.78 is 0. The predicted molar refractivity (Wildman–Crippen MR) is 89.0 cm³/mol. The first-order chi connectivity index (χ1) is 11.6. The molecule has 1 saturated carbocycles. The molecule has 1 aliphatic rings. The lowest BCUT2D eigenvalue weighted by molar-refractivity contribution is -0.117. The van der Waals surface area contributed by atoms with Crippen molar-refractivity contribution in [2.24, 2.45) is 5.92 Å². The van der Waals surface area contributed by atoms with E-state index in [-0.39, 0.29) is 29.3 Å². The number of benzene rings is 2. The van der Waals surface area contributed by atoms with Crippen molar-refractivity contribution in [3.63, 3.8) is 0 Å². The average molecular weight is 321 g/mol. The van der Waals surface area contributed by atoms with Crippen LogP contribution in [-0.2, 0) is 4.79 Å². The number of H-pyrrole nitrogens is 1. The van der Waals surface area contributed by atoms with Crippen LogP contribution in [0, 0.1) is 5.92 Å². The van der Waals surface area contributed by atoms with Gasteiger partial charge in [0.2, 0.25) is 11.9 Å². The third-order valence-electron chi connectivity index (χ3n) is 4.34. The number of carbonyl (C=O) groups excluding carboxylic acids is 1. The molecule has 1 amide bonds. The fourth-order valence-corrected chi connectivity index (χ4v) is 3.03. The van der Waals surface area contributed by atoms with Crippen LogP contribution in [0.5, 0.6) is 0 Å². The molecule has 1 heterocycles. The Bertz CT molecular complexity index is 933. The second-order valence-corrected chi connectivity index (χ2v) is 5.94. The van der Waals surface area contributed by atoms with Crippen LogP contribution < -0.4 is 5.32 Å². The molecule has 1 fully saturated rings. The van der Waals surface area contributed by atoms with E-state index < -0.39 is 5.97 Å². The zero-order chi connectivity index (χ0) is 16.7. The van der Waals surface area contributed by atoms with Crippen molar-refractivity contribution in [1.82, 2.24) is 9.97 Å². The number of nitrogens with zero attached hydrogens (tertiary/aromatic N) is 1. The zero-order valence-electron chi connectivity index (χ0n) is 12.7. The maximum atomic E-state index is 12.4. The average Bonchev–Trinajstić information content (AvgIpc) is 3.28. The molecule has 3 aromatic rings. The summed E-state index contributed by atoms with van der Waals surface area (Å²) in [6.45, 7) is 0. The van der Waals surface area contributed by atoms with Crippen molar-refractivity contribution in [1.29, 1.82) is 0 Å². The smallest absolute Gasteiger partial charge is 0.337 e. The molecule has 2 atom stereocenters. The third-order valence-corrected chi connectivity index (χ3v) is 4.34. The molecule has 24 heavy (non-hydrogen) atoms. The lowest BCUT2D eigenvalue weighted by Gasteiger charge is -2.01. The highest BCUT2D eigenvalue weighted by Gasteiger charge is 2.44. The molecule has 1 aromatic heterocycles. The molecule has 3 N–H and O–H groups in total. The number of fused-ring (bicyclic) bond motifs is 1. The summed E-state index contributed by atoms with van der Waals surface area (Å²) in [6, 6.07) is 14.8. The maximum Gasteiger partial charge on any atom is 0.337 e. The van der Waals surface area contributed by atoms with Crippen LogP contribution in [0.2, 0.25) is 0 Å². The number of rotatable bonds is 4. The Hall–Kier alpha value is -3.15. The summed E-state index contributed by atoms with van der Waals surface area (Å²) in [7, 11) is 0. The molecular formula is C18H15N3O3. The molecule has 6 heteroatoms. The molecule has 0 spiro atoms. The van der Waals surface area contributed by atoms with Crippen LogP contribution >= 0.6 is 0 Å². The number of nitrogens with one attached hydrogen (secondary N) is 2. The highest BCUT2D eigenvalue weighted by molar-refractivity contribution is 6.02. The van der Waals surface area contributed by atoms with E-state index in [0.29, 0.717) is 11.0 Å². The highest BCUT2D eigenvalue weighted by atomic mass is 16.4. The number of carbonyl (C=O) groups is 2. The molecular weight excluding hydrogens is 306 g/mol. The van der Waals surface area contributed by atoms with Crippen LogP contribution in [0.15, 0.2) is 48.5 Å². The van der Waals surface area contributed by atoms with E-state index >= 15 is 0 Å². The van der Waals surface area contributed by atoms with Gasteiger partial charge in [0.05, 0.1) is 11.1 Å². The molecule has 0 saturated heterocycles. The second kappa shape index (κ2) is 5.49. The Morgan fingerprint density at radius 1 is 1.12 bits per heavy atom. The number of amides is 1. The van der Waals surface area contributed by atoms with Crippen molar-refractivity contribution in [2.75, 3.05) is 5.32 Å². The van der Waals surface area contributed by atoms with E-state index in [9.17, 15) is 14.7 Å². The van der Waals surface area contributed by atoms with Crippen molar-refractivity contribution in [3.8, 4) is 0 Å². The van der Waals surface area contributed by atoms with E-state index in [1.807, 2.05) is 30.3 Å². The van der Waals surface area contributed by atoms with Crippen LogP contribution in [0.1, 0.15) is 28.3 Å². The summed E-state index contributed by atoms with van der Waals surface area (Å²) in [5.41, 5.74) is 2.20. The minimum absolute atomic E-state index is 0.0699. The summed E-state index contributed by atoms with van der Waals surface area (Å²) in [5, 5.41) is 12.0. The maximum absolute atomic E-state index is 12.4. The molecule has 0 radical (unpaired) electrons. The fraction of sp³-hybridized carbons (Fsp3) is 0.167. The molecule has 6 nitrogen and oxygen atoms in total. The number of aromatic amines is 1. The number of hydrogen-bond donors (Lipinski definition) is 3. The van der Waals surface area contributed by atoms with E-state index in [0.717, 1.165) is 12.0 Å². The number of para-hydroxylation sites is 1. The van der Waals surface area contributed by atoms with Gasteiger partial charge in [-0.1, -0.05) is 36.4 Å². The molecule has 0 bridgehead atoms. The van der Waals surface area contributed by atoms with Crippen LogP contribution in [0.25, 0.3) is 11.0 Å². The van der Waals surface area contributed by atoms with Crippen molar-refractivity contribution >= 4 is 28.9 Å². The standard InChI is InChI=1S/C18H15N3O3/c22-16(13-9-12(13)10-5-2-1-3-6-10)21-18-19-14-8-4-7-11(17(23)24)15(14)20-18/h1-8,12-13H,9H2,(H,23,24)(H2,19,20,21,22). The van der Waals surface area contributed by atoms with Crippen LogP contribution in [0.4, 0.5) is 5.95 Å². The van der Waals surface area contributed by atoms with E-state index in [4.69, 9.17) is 0 Å². The van der Waals surface area contributed by atoms with E-state index in [2.05, 4.69) is 15.3 Å². The van der Waals surface area contributed by atoms with E-state index in [1.54, 1.807) is 12.1 Å². The second-order valence-electron chi connectivity index (χ2n) is 5.94. The summed E-state index contributed by atoms with van der Waals surface area (Å²) >= 11 is 0. The lowest BCUT2D eigenvalue weighted by atomic mass is 10.1. The number of carboxylic acids is 1. The first-order valence-electron chi connectivity index (χ1n) is 7.71. The monoisotopic (exact) mass is 321 g/mol. The fourth-order valence-electron chi connectivity index (χ4n) is 3.03. The van der Waals surface area contributed by atoms with E-state index in [1.165, 1.54) is 6.07 Å². The van der Waals surface area contributed by atoms with Gasteiger partial charge in [0.1, 0.15) is 5.52 Å². The molecule has 1 aliphatic carbocycles. The minimum Gasteiger partial charge on any atom is -0.478 e. The van der Waals surface area contributed by atoms with Gasteiger partial charge in [0, 0.05) is 5.92 Å². The normalized spacial score (nSPS) is 19.2. The van der Waals surface area contributed by atoms with Crippen LogP contribution in [0.3, 0.4) is 0 Å². The number of anilines is 1. The summed E-state index contributed by atoms with van der Waals surface area (Å²) in [4.78, 5) is 30.8. The number of imidazole rings is 1. The van der Waals surface area contributed by atoms with Gasteiger partial charge >= 0.3 is 5.97 Å². The number of aromatic carboxylic acids is 1. The SMILES string of the molecule is O=C(O)c1cccc2[nH]c(NC(=O)C3CC3c3ccccc3)nc12. The molecule has 2 aromatic carbocycles. The zero-order valence-corrected chi connectivity index (χ0v) is 12.7. The quantitative estimate of drug-likeness (QED) is 0.688. The van der Waals surface area contributed by atoms with Crippen molar-refractivity contribution < 1.29 is 14.7 Å². The first-order valence-corrected chi connectivity index (χ1v) is 7.71. The molecule has 0 aliphatic heterocycles. The number of carboxylic acid groups (broad SMARTS) is 1. The Balaban J connectivity index is 1.52. The third kappa shape index (κ3) is 2.52. The van der Waals surface area contributed by atoms with Gasteiger partial charge in [0.15, 0.2) is 0 Å². The first kappa shape index (κ1) is 14.4. The summed E-state index contributed by atoms with van der Waals surface area (Å²) in [5.74, 6) is -0.691. The molecule has 4 rings (SSSR count).